The van der Waals surface area contributed by atoms with Crippen molar-refractivity contribution in [1.29, 1.82) is 0 Å². The minimum Gasteiger partial charge on any atom is -0.460 e. The Morgan fingerprint density at radius 1 is 1.23 bits per heavy atom. The van der Waals surface area contributed by atoms with Gasteiger partial charge in [-0.1, -0.05) is 29.8 Å². The first-order valence-corrected chi connectivity index (χ1v) is 9.06. The molecule has 0 aliphatic carbocycles. The Hall–Kier alpha value is -2.34. The molecular weight excluding hydrogens is 354 g/mol. The van der Waals surface area contributed by atoms with Crippen LogP contribution in [0.1, 0.15) is 31.0 Å². The molecule has 0 saturated carbocycles. The number of rotatable bonds is 4. The van der Waals surface area contributed by atoms with Gasteiger partial charge in [0.1, 0.15) is 11.8 Å². The summed E-state index contributed by atoms with van der Waals surface area (Å²) in [6.07, 6.45) is 1.27. The third-order valence-electron chi connectivity index (χ3n) is 4.75. The number of carbonyl (C=O) groups is 2. The lowest BCUT2D eigenvalue weighted by Gasteiger charge is -2.30. The number of hydrogen-bond donors (Lipinski definition) is 0. The van der Waals surface area contributed by atoms with E-state index in [1.165, 1.54) is 0 Å². The largest absolute Gasteiger partial charge is 0.460 e. The Kier molecular flexibility index (Phi) is 5.61. The fraction of sp³-hybridized carbons (Fsp3) is 0.421. The van der Waals surface area contributed by atoms with Gasteiger partial charge in [-0.3, -0.25) is 9.59 Å². The maximum Gasteiger partial charge on any atom is 0.309 e. The molecule has 3 rings (SSSR count). The molecule has 1 amide bonds. The standard InChI is InChI=1S/C19H22ClN3O3/c1-13-17(18(20)23(21-13)16-6-4-3-5-7-16)12-26-19(25)15-8-10-22(11-9-15)14(2)24/h3-7,15H,8-12H2,1-2H3. The van der Waals surface area contributed by atoms with Crippen LogP contribution in [0.2, 0.25) is 5.15 Å². The topological polar surface area (TPSA) is 64.4 Å². The lowest BCUT2D eigenvalue weighted by molar-refractivity contribution is -0.152. The van der Waals surface area contributed by atoms with Crippen molar-refractivity contribution in [2.45, 2.75) is 33.3 Å². The van der Waals surface area contributed by atoms with Crippen LogP contribution < -0.4 is 0 Å². The molecule has 1 aliphatic rings. The molecule has 1 saturated heterocycles. The van der Waals surface area contributed by atoms with E-state index in [0.717, 1.165) is 11.4 Å². The maximum absolute atomic E-state index is 12.4. The van der Waals surface area contributed by atoms with Crippen LogP contribution in [-0.2, 0) is 20.9 Å². The first-order valence-electron chi connectivity index (χ1n) is 8.69. The first kappa shape index (κ1) is 18.5. The van der Waals surface area contributed by atoms with Gasteiger partial charge in [-0.05, 0) is 31.9 Å². The average Bonchev–Trinajstić information content (AvgIpc) is 2.94. The molecule has 0 atom stereocenters. The van der Waals surface area contributed by atoms with E-state index in [2.05, 4.69) is 5.10 Å². The molecule has 1 aromatic heterocycles. The number of ether oxygens (including phenoxy) is 1. The molecule has 0 N–H and O–H groups in total. The van der Waals surface area contributed by atoms with Gasteiger partial charge in [0.15, 0.2) is 0 Å². The SMILES string of the molecule is CC(=O)N1CCC(C(=O)OCc2c(C)nn(-c3ccccc3)c2Cl)CC1. The van der Waals surface area contributed by atoms with Gasteiger partial charge >= 0.3 is 5.97 Å². The summed E-state index contributed by atoms with van der Waals surface area (Å²) in [5.41, 5.74) is 2.30. The van der Waals surface area contributed by atoms with Gasteiger partial charge in [0.2, 0.25) is 5.91 Å². The van der Waals surface area contributed by atoms with Crippen LogP contribution in [0.15, 0.2) is 30.3 Å². The van der Waals surface area contributed by atoms with Crippen LogP contribution >= 0.6 is 11.6 Å². The minimum absolute atomic E-state index is 0.0487. The quantitative estimate of drug-likeness (QED) is 0.770. The number of amides is 1. The van der Waals surface area contributed by atoms with E-state index in [4.69, 9.17) is 16.3 Å². The summed E-state index contributed by atoms with van der Waals surface area (Å²) in [5.74, 6) is -0.363. The number of aryl methyl sites for hydroxylation is 1. The third-order valence-corrected chi connectivity index (χ3v) is 5.14. The van der Waals surface area contributed by atoms with Crippen molar-refractivity contribution in [3.05, 3.63) is 46.7 Å². The lowest BCUT2D eigenvalue weighted by Crippen LogP contribution is -2.39. The number of esters is 1. The van der Waals surface area contributed by atoms with Crippen molar-refractivity contribution < 1.29 is 14.3 Å². The number of halogens is 1. The molecular formula is C19H22ClN3O3. The van der Waals surface area contributed by atoms with E-state index in [1.54, 1.807) is 16.5 Å². The van der Waals surface area contributed by atoms with Gasteiger partial charge in [-0.15, -0.1) is 0 Å². The molecule has 0 radical (unpaired) electrons. The average molecular weight is 376 g/mol. The molecule has 0 bridgehead atoms. The van der Waals surface area contributed by atoms with Crippen LogP contribution in [0.25, 0.3) is 5.69 Å². The van der Waals surface area contributed by atoms with E-state index in [1.807, 2.05) is 37.3 Å². The van der Waals surface area contributed by atoms with Crippen molar-refractivity contribution >= 4 is 23.5 Å². The van der Waals surface area contributed by atoms with Gasteiger partial charge in [0, 0.05) is 25.6 Å². The smallest absolute Gasteiger partial charge is 0.309 e. The lowest BCUT2D eigenvalue weighted by atomic mass is 9.97. The summed E-state index contributed by atoms with van der Waals surface area (Å²) in [7, 11) is 0. The molecule has 26 heavy (non-hydrogen) atoms. The van der Waals surface area contributed by atoms with E-state index < -0.39 is 0 Å². The van der Waals surface area contributed by atoms with Crippen LogP contribution in [0, 0.1) is 12.8 Å². The summed E-state index contributed by atoms with van der Waals surface area (Å²) in [6.45, 7) is 4.69. The number of nitrogens with zero attached hydrogens (tertiary/aromatic N) is 3. The Morgan fingerprint density at radius 3 is 2.50 bits per heavy atom. The highest BCUT2D eigenvalue weighted by molar-refractivity contribution is 6.30. The normalized spacial score (nSPS) is 15.1. The van der Waals surface area contributed by atoms with Gasteiger partial charge in [0.25, 0.3) is 0 Å². The second-order valence-corrected chi connectivity index (χ2v) is 6.85. The number of para-hydroxylation sites is 1. The van der Waals surface area contributed by atoms with Crippen molar-refractivity contribution in [3.8, 4) is 5.69 Å². The Bertz CT molecular complexity index is 796. The van der Waals surface area contributed by atoms with E-state index in [0.29, 0.717) is 36.6 Å². The number of likely N-dealkylation sites (tertiary alicyclic amines) is 1. The van der Waals surface area contributed by atoms with Crippen molar-refractivity contribution in [2.24, 2.45) is 5.92 Å². The Labute approximate surface area is 157 Å². The van der Waals surface area contributed by atoms with E-state index in [9.17, 15) is 9.59 Å². The van der Waals surface area contributed by atoms with Crippen LogP contribution in [0.4, 0.5) is 0 Å². The van der Waals surface area contributed by atoms with Gasteiger partial charge in [0.05, 0.1) is 17.3 Å². The van der Waals surface area contributed by atoms with Crippen LogP contribution in [0.5, 0.6) is 0 Å². The zero-order valence-electron chi connectivity index (χ0n) is 14.9. The van der Waals surface area contributed by atoms with Crippen LogP contribution in [0.3, 0.4) is 0 Å². The Balaban J connectivity index is 1.63. The third kappa shape index (κ3) is 3.90. The Morgan fingerprint density at radius 2 is 1.88 bits per heavy atom. The number of aromatic nitrogens is 2. The minimum atomic E-state index is -0.240. The summed E-state index contributed by atoms with van der Waals surface area (Å²) in [6, 6.07) is 9.58. The molecule has 7 heteroatoms. The zero-order chi connectivity index (χ0) is 18.7. The highest BCUT2D eigenvalue weighted by Crippen LogP contribution is 2.25. The van der Waals surface area contributed by atoms with Crippen molar-refractivity contribution in [1.82, 2.24) is 14.7 Å². The number of benzene rings is 1. The fourth-order valence-corrected chi connectivity index (χ4v) is 3.45. The van der Waals surface area contributed by atoms with Gasteiger partial charge < -0.3 is 9.64 Å². The summed E-state index contributed by atoms with van der Waals surface area (Å²) < 4.78 is 7.14. The second-order valence-electron chi connectivity index (χ2n) is 6.49. The molecule has 1 aromatic carbocycles. The summed E-state index contributed by atoms with van der Waals surface area (Å²) >= 11 is 6.45. The molecule has 2 heterocycles. The fourth-order valence-electron chi connectivity index (χ4n) is 3.13. The number of hydrogen-bond acceptors (Lipinski definition) is 4. The molecule has 0 spiro atoms. The number of piperidine rings is 1. The van der Waals surface area contributed by atoms with Gasteiger partial charge in [-0.25, -0.2) is 4.68 Å². The highest BCUT2D eigenvalue weighted by atomic mass is 35.5. The van der Waals surface area contributed by atoms with E-state index in [-0.39, 0.29) is 24.4 Å². The molecule has 6 nitrogen and oxygen atoms in total. The first-order chi connectivity index (χ1) is 12.5. The van der Waals surface area contributed by atoms with Crippen molar-refractivity contribution in [2.75, 3.05) is 13.1 Å². The van der Waals surface area contributed by atoms with E-state index >= 15 is 0 Å². The maximum atomic E-state index is 12.4. The molecule has 1 fully saturated rings. The monoisotopic (exact) mass is 375 g/mol. The van der Waals surface area contributed by atoms with Gasteiger partial charge in [-0.2, -0.15) is 5.10 Å². The van der Waals surface area contributed by atoms with Crippen LogP contribution in [-0.4, -0.2) is 39.6 Å². The summed E-state index contributed by atoms with van der Waals surface area (Å²) in [4.78, 5) is 25.5. The predicted molar refractivity (Wildman–Crippen MR) is 98.1 cm³/mol. The summed E-state index contributed by atoms with van der Waals surface area (Å²) in [5, 5.41) is 4.90. The molecule has 1 aliphatic heterocycles. The molecule has 138 valence electrons. The number of carbonyl (C=O) groups excluding carboxylic acids is 2. The molecule has 2 aromatic rings. The van der Waals surface area contributed by atoms with Crippen molar-refractivity contribution in [3.63, 3.8) is 0 Å². The zero-order valence-corrected chi connectivity index (χ0v) is 15.7. The molecule has 0 unspecified atom stereocenters. The highest BCUT2D eigenvalue weighted by Gasteiger charge is 2.27. The predicted octanol–water partition coefficient (Wildman–Crippen LogP) is 3.14. The second kappa shape index (κ2) is 7.91.